The van der Waals surface area contributed by atoms with Gasteiger partial charge in [0.05, 0.1) is 47.8 Å². The summed E-state index contributed by atoms with van der Waals surface area (Å²) in [5.74, 6) is -8.59. The molecule has 0 radical (unpaired) electrons. The number of aromatic hydroxyl groups is 2. The van der Waals surface area contributed by atoms with E-state index in [-0.39, 0.29) is 56.5 Å². The van der Waals surface area contributed by atoms with E-state index in [0.717, 1.165) is 32.5 Å². The number of piperidine rings is 2. The number of esters is 2. The number of fused-ring (bicyclic) bond motifs is 13. The lowest BCUT2D eigenvalue weighted by Crippen LogP contribution is -2.47. The number of halogens is 1. The second kappa shape index (κ2) is 22.4. The molecule has 1 unspecified atom stereocenters. The molecule has 1 spiro atoms. The number of carbonyl (C=O) groups excluding carboxylic acids is 4. The first-order chi connectivity index (χ1) is 34.0. The molecule has 2 aromatic rings. The first-order valence-corrected chi connectivity index (χ1v) is 26.3. The molecule has 5 N–H and O–H groups in total. The number of aliphatic hydroxyl groups excluding tert-OH is 2. The average Bonchev–Trinajstić information content (AvgIpc) is 3.84. The van der Waals surface area contributed by atoms with Crippen LogP contribution in [0.1, 0.15) is 96.5 Å². The minimum atomic E-state index is -2.02. The number of Topliss-reactive ketones (excluding diaryl/α,β-unsaturated/α-hetero) is 1. The van der Waals surface area contributed by atoms with Crippen LogP contribution in [0, 0.1) is 36.5 Å². The number of nitrogens with one attached hydrogen (secondary N) is 1. The molecule has 18 nitrogen and oxygen atoms in total. The minimum Gasteiger partial charge on any atom is -0.507 e. The number of allylic oxidation sites excluding steroid dienone is 2. The van der Waals surface area contributed by atoms with Gasteiger partial charge in [-0.1, -0.05) is 75.4 Å². The third-order valence-corrected chi connectivity index (χ3v) is 15.8. The van der Waals surface area contributed by atoms with Crippen molar-refractivity contribution in [3.8, 4) is 17.2 Å². The Hall–Kier alpha value is -4.67. The van der Waals surface area contributed by atoms with Crippen molar-refractivity contribution in [3.63, 3.8) is 0 Å². The molecular formula is C53H72IN5O13. The summed E-state index contributed by atoms with van der Waals surface area (Å²) in [6.07, 6.45) is 5.40. The zero-order valence-electron chi connectivity index (χ0n) is 43.1. The molecule has 0 aliphatic carbocycles. The number of alkyl halides is 1. The molecule has 6 aliphatic heterocycles. The van der Waals surface area contributed by atoms with Crippen molar-refractivity contribution in [3.05, 3.63) is 58.0 Å². The Morgan fingerprint density at radius 3 is 2.28 bits per heavy atom. The van der Waals surface area contributed by atoms with E-state index in [4.69, 9.17) is 28.7 Å². The SMILES string of the molecule is CO[C@H]1/C=C/O[C@@]2(C)Oc3c(C)c(O)c4c(O)c(c5c(c4c3C2=O)NC2(CCN(CC(C)I)CC2)N=5)=NC(=O)/C(C)=C\C=C\[C@H](C)[C@H](O)[C@@H](C)[C@@H](O)[C@@H](C)[C@H](OC(=O)CC(=O)OCC2CCN(C)CC2)[C@@H]1C. The van der Waals surface area contributed by atoms with Gasteiger partial charge in [0, 0.05) is 90.6 Å². The Labute approximate surface area is 434 Å². The number of hydrogen-bond donors (Lipinski definition) is 5. The van der Waals surface area contributed by atoms with Crippen LogP contribution >= 0.6 is 22.6 Å². The molecule has 5 bridgehead atoms. The van der Waals surface area contributed by atoms with Crippen molar-refractivity contribution >= 4 is 62.7 Å². The van der Waals surface area contributed by atoms with Gasteiger partial charge < -0.3 is 59.2 Å². The van der Waals surface area contributed by atoms with Crippen molar-refractivity contribution < 1.29 is 63.3 Å². The number of benzene rings is 2. The third-order valence-electron chi connectivity index (χ3n) is 15.4. The summed E-state index contributed by atoms with van der Waals surface area (Å²) in [6.45, 7) is 17.8. The number of rotatable bonds is 8. The van der Waals surface area contributed by atoms with Crippen molar-refractivity contribution in [2.24, 2.45) is 39.6 Å². The molecule has 8 rings (SSSR count). The zero-order valence-corrected chi connectivity index (χ0v) is 45.2. The standard InChI is InChI=1S/C53H72IN5O13/c1-27-12-11-13-28(2)51(67)55-43-42-41(56-53(57-42)17-21-59(22-18-53)25-29(3)54)38-39(47(43)65)46(64)33(7)49-40(38)50(66)52(8,72-49)70-23-16-35(68-10)30(4)48(32(6)45(63)31(5)44(27)62)71-37(61)24-36(60)69-26-34-14-19-58(9)20-15-34/h11-13,16,23,27,29-32,34-35,44-45,48,56,62-65H,14-15,17-22,24-26H2,1-10H3/b12-11+,23-16+,28-13-,55-43?/t27-,29?,30+,31+,32+,35-,44-,45+,48+,52-/m0/s1. The Morgan fingerprint density at radius 1 is 0.944 bits per heavy atom. The summed E-state index contributed by atoms with van der Waals surface area (Å²) in [4.78, 5) is 69.6. The van der Waals surface area contributed by atoms with E-state index in [1.54, 1.807) is 53.7 Å². The zero-order chi connectivity index (χ0) is 52.6. The lowest BCUT2D eigenvalue weighted by atomic mass is 9.78. The van der Waals surface area contributed by atoms with Gasteiger partial charge in [-0.2, -0.15) is 0 Å². The van der Waals surface area contributed by atoms with Crippen LogP contribution in [-0.4, -0.2) is 147 Å². The van der Waals surface area contributed by atoms with E-state index in [1.807, 2.05) is 7.05 Å². The maximum absolute atomic E-state index is 14.9. The number of carbonyl (C=O) groups is 4. The largest absolute Gasteiger partial charge is 0.507 e. The number of phenols is 2. The Balaban J connectivity index is 1.28. The third kappa shape index (κ3) is 11.4. The number of nitrogens with zero attached hydrogens (tertiary/aromatic N) is 4. The first-order valence-electron chi connectivity index (χ1n) is 25.1. The predicted molar refractivity (Wildman–Crippen MR) is 276 cm³/mol. The number of phenolic OH excluding ortho intramolecular Hbond substituents is 2. The Kier molecular flexibility index (Phi) is 17.2. The molecule has 19 heteroatoms. The van der Waals surface area contributed by atoms with Crippen LogP contribution in [0.15, 0.2) is 46.1 Å². The van der Waals surface area contributed by atoms with Gasteiger partial charge in [-0.25, -0.2) is 4.99 Å². The highest BCUT2D eigenvalue weighted by Gasteiger charge is 2.51. The van der Waals surface area contributed by atoms with Crippen LogP contribution in [0.4, 0.5) is 5.69 Å². The van der Waals surface area contributed by atoms with E-state index < -0.39 is 101 Å². The fourth-order valence-electron chi connectivity index (χ4n) is 10.7. The molecule has 2 aromatic carbocycles. The van der Waals surface area contributed by atoms with Crippen LogP contribution in [-0.2, 0) is 33.3 Å². The summed E-state index contributed by atoms with van der Waals surface area (Å²) in [5, 5.41) is 51.2. The van der Waals surface area contributed by atoms with Gasteiger partial charge in [-0.15, -0.1) is 0 Å². The van der Waals surface area contributed by atoms with Crippen LogP contribution in [0.2, 0.25) is 0 Å². The topological polar surface area (TPSA) is 239 Å². The smallest absolute Gasteiger partial charge is 0.317 e. The van der Waals surface area contributed by atoms with Crippen LogP contribution in [0.25, 0.3) is 10.8 Å². The van der Waals surface area contributed by atoms with Crippen molar-refractivity contribution in [1.82, 2.24) is 9.80 Å². The van der Waals surface area contributed by atoms with Gasteiger partial charge in [0.15, 0.2) is 5.75 Å². The lowest BCUT2D eigenvalue weighted by molar-refractivity contribution is -0.168. The van der Waals surface area contributed by atoms with E-state index in [1.165, 1.54) is 32.4 Å². The van der Waals surface area contributed by atoms with Crippen molar-refractivity contribution in [1.29, 1.82) is 0 Å². The number of likely N-dealkylation sites (tertiary alicyclic amines) is 2. The van der Waals surface area contributed by atoms with Crippen LogP contribution in [0.5, 0.6) is 17.2 Å². The molecule has 10 atom stereocenters. The van der Waals surface area contributed by atoms with Gasteiger partial charge in [-0.3, -0.25) is 24.2 Å². The fraction of sp³-hybridized carbons (Fsp3) is 0.623. The number of ether oxygens (including phenoxy) is 5. The Morgan fingerprint density at radius 2 is 1.62 bits per heavy atom. The van der Waals surface area contributed by atoms with E-state index in [0.29, 0.717) is 35.5 Å². The molecule has 0 saturated carbocycles. The second-order valence-electron chi connectivity index (χ2n) is 20.9. The molecule has 6 aliphatic rings. The van der Waals surface area contributed by atoms with Crippen LogP contribution < -0.4 is 20.8 Å². The molecule has 2 saturated heterocycles. The predicted octanol–water partition coefficient (Wildman–Crippen LogP) is 5.17. The van der Waals surface area contributed by atoms with E-state index in [9.17, 15) is 39.6 Å². The molecule has 1 amide bonds. The monoisotopic (exact) mass is 1110 g/mol. The molecule has 0 aromatic heterocycles. The number of aliphatic hydroxyl groups is 2. The fourth-order valence-corrected chi connectivity index (χ4v) is 11.2. The summed E-state index contributed by atoms with van der Waals surface area (Å²) >= 11 is 2.40. The molecule has 394 valence electrons. The second-order valence-corrected chi connectivity index (χ2v) is 23.0. The van der Waals surface area contributed by atoms with Gasteiger partial charge in [0.1, 0.15) is 40.4 Å². The molecule has 6 heterocycles. The molecule has 72 heavy (non-hydrogen) atoms. The van der Waals surface area contributed by atoms with Crippen molar-refractivity contribution in [2.45, 2.75) is 127 Å². The maximum atomic E-state index is 14.9. The number of anilines is 1. The van der Waals surface area contributed by atoms with Gasteiger partial charge in [0.2, 0.25) is 0 Å². The van der Waals surface area contributed by atoms with E-state index in [2.05, 4.69) is 49.6 Å². The number of ketones is 1. The highest BCUT2D eigenvalue weighted by atomic mass is 127. The highest BCUT2D eigenvalue weighted by Crippen LogP contribution is 2.51. The highest BCUT2D eigenvalue weighted by molar-refractivity contribution is 14.1. The summed E-state index contributed by atoms with van der Waals surface area (Å²) in [6, 6.07) is 0. The maximum Gasteiger partial charge on any atom is 0.317 e. The normalized spacial score (nSPS) is 31.6. The quantitative estimate of drug-likeness (QED) is 0.0754. The van der Waals surface area contributed by atoms with Gasteiger partial charge in [0.25, 0.3) is 11.7 Å². The summed E-state index contributed by atoms with van der Waals surface area (Å²) in [7, 11) is 3.47. The van der Waals surface area contributed by atoms with Gasteiger partial charge >= 0.3 is 17.7 Å². The van der Waals surface area contributed by atoms with Crippen molar-refractivity contribution in [2.75, 3.05) is 58.8 Å². The summed E-state index contributed by atoms with van der Waals surface area (Å²) < 4.78 is 30.4. The minimum absolute atomic E-state index is 0.0222. The molecular weight excluding hydrogens is 1040 g/mol. The average molecular weight is 1110 g/mol. The number of methoxy groups -OCH3 is 1. The van der Waals surface area contributed by atoms with Gasteiger partial charge in [-0.05, 0) is 58.8 Å². The lowest BCUT2D eigenvalue weighted by Gasteiger charge is -2.38. The first kappa shape index (κ1) is 55.1. The number of amides is 1. The Bertz CT molecular complexity index is 2640. The van der Waals surface area contributed by atoms with Crippen LogP contribution in [0.3, 0.4) is 0 Å². The number of hydrogen-bond acceptors (Lipinski definition) is 17. The summed E-state index contributed by atoms with van der Waals surface area (Å²) in [5.41, 5.74) is -0.255. The molecule has 2 fully saturated rings. The van der Waals surface area contributed by atoms with E-state index >= 15 is 0 Å².